The number of rotatable bonds is 8. The van der Waals surface area contributed by atoms with Crippen molar-refractivity contribution in [1.82, 2.24) is 4.90 Å². The van der Waals surface area contributed by atoms with Crippen molar-refractivity contribution < 1.29 is 14.3 Å². The summed E-state index contributed by atoms with van der Waals surface area (Å²) in [6.07, 6.45) is 1.60. The summed E-state index contributed by atoms with van der Waals surface area (Å²) in [4.78, 5) is 29.7. The van der Waals surface area contributed by atoms with Gasteiger partial charge in [-0.3, -0.25) is 9.69 Å². The number of carbonyl (C=O) groups excluding carboxylic acids is 2. The number of anilines is 2. The number of nitrogens with zero attached hydrogens (tertiary/aromatic N) is 2. The van der Waals surface area contributed by atoms with Gasteiger partial charge in [0.2, 0.25) is 5.91 Å². The third-order valence-electron chi connectivity index (χ3n) is 6.24. The number of amides is 3. The van der Waals surface area contributed by atoms with Crippen LogP contribution in [-0.2, 0) is 11.3 Å². The summed E-state index contributed by atoms with van der Waals surface area (Å²) in [6.45, 7) is 3.89. The predicted octanol–water partition coefficient (Wildman–Crippen LogP) is 5.66. The molecule has 0 spiro atoms. The average molecular weight is 458 g/mol. The maximum absolute atomic E-state index is 13.2. The van der Waals surface area contributed by atoms with Crippen LogP contribution in [0.25, 0.3) is 0 Å². The van der Waals surface area contributed by atoms with Crippen LogP contribution >= 0.6 is 0 Å². The van der Waals surface area contributed by atoms with Crippen LogP contribution in [0.2, 0.25) is 0 Å². The maximum atomic E-state index is 13.2. The van der Waals surface area contributed by atoms with Crippen LogP contribution in [-0.4, -0.2) is 37.0 Å². The molecule has 0 unspecified atom stereocenters. The van der Waals surface area contributed by atoms with Crippen molar-refractivity contribution in [3.8, 4) is 5.75 Å². The number of hydrogen-bond acceptors (Lipinski definition) is 3. The first-order chi connectivity index (χ1) is 16.6. The second-order valence-electron chi connectivity index (χ2n) is 8.43. The van der Waals surface area contributed by atoms with Crippen molar-refractivity contribution in [3.05, 3.63) is 90.0 Å². The summed E-state index contributed by atoms with van der Waals surface area (Å²) < 4.78 is 5.45. The van der Waals surface area contributed by atoms with Gasteiger partial charge in [-0.05, 0) is 48.7 Å². The molecule has 0 bridgehead atoms. The van der Waals surface area contributed by atoms with Gasteiger partial charge >= 0.3 is 6.03 Å². The van der Waals surface area contributed by atoms with E-state index in [1.807, 2.05) is 90.7 Å². The van der Waals surface area contributed by atoms with Crippen molar-refractivity contribution in [2.24, 2.45) is 0 Å². The van der Waals surface area contributed by atoms with E-state index < -0.39 is 0 Å². The van der Waals surface area contributed by atoms with Crippen molar-refractivity contribution >= 4 is 23.3 Å². The van der Waals surface area contributed by atoms with E-state index in [-0.39, 0.29) is 17.9 Å². The molecule has 1 aliphatic rings. The lowest BCUT2D eigenvalue weighted by atomic mass is 9.95. The highest BCUT2D eigenvalue weighted by Crippen LogP contribution is 2.27. The van der Waals surface area contributed by atoms with E-state index in [2.05, 4.69) is 5.32 Å². The number of nitrogens with one attached hydrogen (secondary N) is 1. The molecule has 3 amide bonds. The molecule has 0 saturated carbocycles. The third kappa shape index (κ3) is 5.22. The average Bonchev–Trinajstić information content (AvgIpc) is 2.87. The van der Waals surface area contributed by atoms with Gasteiger partial charge in [0.15, 0.2) is 0 Å². The summed E-state index contributed by atoms with van der Waals surface area (Å²) >= 11 is 0. The van der Waals surface area contributed by atoms with Crippen LogP contribution in [0.3, 0.4) is 0 Å². The molecule has 4 rings (SSSR count). The Morgan fingerprint density at radius 1 is 0.971 bits per heavy atom. The standard InChI is InChI=1S/C28H31N3O3/c1-3-25(21-10-5-4-6-11-21)27(32)29-23-14-16-24(17-15-23)31-19-9-18-30(28(31)33)20-22-12-7-8-13-26(22)34-2/h4-8,10-17,25H,3,9,18-20H2,1-2H3,(H,29,32)/t25-/m0/s1. The number of methoxy groups -OCH3 is 1. The van der Waals surface area contributed by atoms with E-state index in [1.165, 1.54) is 0 Å². The molecule has 0 radical (unpaired) electrons. The summed E-state index contributed by atoms with van der Waals surface area (Å²) in [5.74, 6) is 0.556. The molecule has 1 heterocycles. The predicted molar refractivity (Wildman–Crippen MR) is 135 cm³/mol. The second-order valence-corrected chi connectivity index (χ2v) is 8.43. The van der Waals surface area contributed by atoms with E-state index in [1.54, 1.807) is 12.0 Å². The summed E-state index contributed by atoms with van der Waals surface area (Å²) in [5.41, 5.74) is 3.54. The Bertz CT molecular complexity index is 1120. The number of ether oxygens (including phenoxy) is 1. The fraction of sp³-hybridized carbons (Fsp3) is 0.286. The Balaban J connectivity index is 1.42. The van der Waals surface area contributed by atoms with Crippen LogP contribution in [0.15, 0.2) is 78.9 Å². The summed E-state index contributed by atoms with van der Waals surface area (Å²) in [6, 6.07) is 25.1. The molecule has 3 aromatic rings. The smallest absolute Gasteiger partial charge is 0.324 e. The van der Waals surface area contributed by atoms with Crippen LogP contribution in [0.1, 0.15) is 36.8 Å². The maximum Gasteiger partial charge on any atom is 0.324 e. The minimum absolute atomic E-state index is 0.0240. The Kier molecular flexibility index (Phi) is 7.48. The molecular formula is C28H31N3O3. The lowest BCUT2D eigenvalue weighted by molar-refractivity contribution is -0.117. The van der Waals surface area contributed by atoms with Crippen molar-refractivity contribution in [2.45, 2.75) is 32.2 Å². The minimum atomic E-state index is -0.201. The molecule has 0 aliphatic carbocycles. The third-order valence-corrected chi connectivity index (χ3v) is 6.24. The van der Waals surface area contributed by atoms with Gasteiger partial charge in [-0.2, -0.15) is 0 Å². The zero-order valence-electron chi connectivity index (χ0n) is 19.7. The molecular weight excluding hydrogens is 426 g/mol. The van der Waals surface area contributed by atoms with Gasteiger partial charge < -0.3 is 15.0 Å². The highest BCUT2D eigenvalue weighted by Gasteiger charge is 2.27. The zero-order chi connectivity index (χ0) is 23.9. The van der Waals surface area contributed by atoms with Gasteiger partial charge in [-0.15, -0.1) is 0 Å². The first-order valence-corrected chi connectivity index (χ1v) is 11.7. The van der Waals surface area contributed by atoms with Gasteiger partial charge in [-0.25, -0.2) is 4.79 Å². The highest BCUT2D eigenvalue weighted by molar-refractivity contribution is 5.97. The molecule has 1 aliphatic heterocycles. The number of benzene rings is 3. The molecule has 1 saturated heterocycles. The Morgan fingerprint density at radius 2 is 1.68 bits per heavy atom. The molecule has 1 N–H and O–H groups in total. The molecule has 34 heavy (non-hydrogen) atoms. The second kappa shape index (κ2) is 10.9. The van der Waals surface area contributed by atoms with Gasteiger partial charge in [0.25, 0.3) is 0 Å². The van der Waals surface area contributed by atoms with Gasteiger partial charge in [0.1, 0.15) is 5.75 Å². The molecule has 176 valence electrons. The number of para-hydroxylation sites is 1. The van der Waals surface area contributed by atoms with Gasteiger partial charge in [0, 0.05) is 30.0 Å². The normalized spacial score (nSPS) is 14.6. The fourth-order valence-corrected chi connectivity index (χ4v) is 4.42. The monoisotopic (exact) mass is 457 g/mol. The van der Waals surface area contributed by atoms with Crippen molar-refractivity contribution in [3.63, 3.8) is 0 Å². The SMILES string of the molecule is CC[C@H](C(=O)Nc1ccc(N2CCCN(Cc3ccccc3OC)C2=O)cc1)c1ccccc1. The molecule has 3 aromatic carbocycles. The van der Waals surface area contributed by atoms with Crippen molar-refractivity contribution in [2.75, 3.05) is 30.4 Å². The molecule has 6 nitrogen and oxygen atoms in total. The Morgan fingerprint density at radius 3 is 2.38 bits per heavy atom. The first kappa shape index (κ1) is 23.4. The minimum Gasteiger partial charge on any atom is -0.496 e. The largest absolute Gasteiger partial charge is 0.496 e. The topological polar surface area (TPSA) is 61.9 Å². The first-order valence-electron chi connectivity index (χ1n) is 11.7. The molecule has 0 aromatic heterocycles. The van der Waals surface area contributed by atoms with E-state index in [0.29, 0.717) is 19.6 Å². The van der Waals surface area contributed by atoms with Crippen LogP contribution < -0.4 is 15.0 Å². The molecule has 6 heteroatoms. The fourth-order valence-electron chi connectivity index (χ4n) is 4.42. The Labute approximate surface area is 201 Å². The van der Waals surface area contributed by atoms with E-state index >= 15 is 0 Å². The van der Waals surface area contributed by atoms with Crippen LogP contribution in [0.4, 0.5) is 16.2 Å². The zero-order valence-corrected chi connectivity index (χ0v) is 19.7. The van der Waals surface area contributed by atoms with E-state index in [4.69, 9.17) is 4.74 Å². The number of hydrogen-bond donors (Lipinski definition) is 1. The summed E-state index contributed by atoms with van der Waals surface area (Å²) in [7, 11) is 1.64. The molecule has 1 fully saturated rings. The van der Waals surface area contributed by atoms with E-state index in [0.717, 1.165) is 41.1 Å². The number of urea groups is 1. The lowest BCUT2D eigenvalue weighted by Gasteiger charge is -2.36. The summed E-state index contributed by atoms with van der Waals surface area (Å²) in [5, 5.41) is 3.02. The molecule has 1 atom stereocenters. The quantitative estimate of drug-likeness (QED) is 0.475. The number of carbonyl (C=O) groups is 2. The van der Waals surface area contributed by atoms with Crippen LogP contribution in [0.5, 0.6) is 5.75 Å². The Hall–Kier alpha value is -3.80. The van der Waals surface area contributed by atoms with Crippen LogP contribution in [0, 0.1) is 0 Å². The van der Waals surface area contributed by atoms with E-state index in [9.17, 15) is 9.59 Å². The van der Waals surface area contributed by atoms with Gasteiger partial charge in [0.05, 0.1) is 19.6 Å². The van der Waals surface area contributed by atoms with Crippen molar-refractivity contribution in [1.29, 1.82) is 0 Å². The lowest BCUT2D eigenvalue weighted by Crippen LogP contribution is -2.49. The van der Waals surface area contributed by atoms with Gasteiger partial charge in [-0.1, -0.05) is 55.5 Å². The highest BCUT2D eigenvalue weighted by atomic mass is 16.5.